The maximum Gasteiger partial charge on any atom is 0.244 e. The quantitative estimate of drug-likeness (QED) is 0.735. The highest BCUT2D eigenvalue weighted by molar-refractivity contribution is 7.89. The van der Waals surface area contributed by atoms with Crippen LogP contribution in [0.3, 0.4) is 0 Å². The summed E-state index contributed by atoms with van der Waals surface area (Å²) in [6, 6.07) is 13.6. The molecule has 144 valence electrons. The molecule has 0 spiro atoms. The van der Waals surface area contributed by atoms with Crippen LogP contribution in [0.1, 0.15) is 43.0 Å². The van der Waals surface area contributed by atoms with Gasteiger partial charge in [0.05, 0.1) is 4.90 Å². The highest BCUT2D eigenvalue weighted by Crippen LogP contribution is 2.39. The molecule has 1 aliphatic rings. The molecule has 0 saturated carbocycles. The van der Waals surface area contributed by atoms with Crippen LogP contribution in [-0.4, -0.2) is 24.8 Å². The Hall–Kier alpha value is -1.91. The second-order valence-corrected chi connectivity index (χ2v) is 9.74. The Morgan fingerprint density at radius 2 is 1.52 bits per heavy atom. The molecule has 0 bridgehead atoms. The second kappa shape index (κ2) is 7.25. The average molecular weight is 384 g/mol. The molecule has 0 N–H and O–H groups in total. The predicted molar refractivity (Wildman–Crippen MR) is 112 cm³/mol. The van der Waals surface area contributed by atoms with Gasteiger partial charge in [-0.15, -0.1) is 0 Å². The number of sulfonamides is 1. The van der Waals surface area contributed by atoms with Gasteiger partial charge in [-0.05, 0) is 55.9 Å². The van der Waals surface area contributed by atoms with Gasteiger partial charge in [0.2, 0.25) is 10.0 Å². The third-order valence-electron chi connectivity index (χ3n) is 5.41. The molecule has 0 fully saturated rings. The van der Waals surface area contributed by atoms with E-state index >= 15 is 0 Å². The summed E-state index contributed by atoms with van der Waals surface area (Å²) < 4.78 is 29.3. The summed E-state index contributed by atoms with van der Waals surface area (Å²) in [5.41, 5.74) is 4.89. The van der Waals surface area contributed by atoms with Crippen LogP contribution in [0.25, 0.3) is 5.57 Å². The molecule has 2 aromatic rings. The van der Waals surface area contributed by atoms with E-state index in [1.807, 2.05) is 58.0 Å². The van der Waals surface area contributed by atoms with Gasteiger partial charge in [0.25, 0.3) is 0 Å². The van der Waals surface area contributed by atoms with Gasteiger partial charge in [0, 0.05) is 12.1 Å². The van der Waals surface area contributed by atoms with E-state index in [1.54, 1.807) is 4.31 Å². The summed E-state index contributed by atoms with van der Waals surface area (Å²) in [4.78, 5) is 0.452. The molecule has 0 saturated heterocycles. The maximum absolute atomic E-state index is 13.8. The van der Waals surface area contributed by atoms with Gasteiger partial charge in [0.15, 0.2) is 0 Å². The van der Waals surface area contributed by atoms with Gasteiger partial charge < -0.3 is 0 Å². The standard InChI is InChI=1S/C23H29NO2S/c1-15(2)22-14-21(20-10-8-7-9-11-20)19(6)24(22)27(25,26)23-17(4)12-16(3)13-18(23)5/h7-15,19,22H,1-6H3/t19-,22+/m0/s1. The van der Waals surface area contributed by atoms with Crippen molar-refractivity contribution in [3.8, 4) is 0 Å². The van der Waals surface area contributed by atoms with Crippen molar-refractivity contribution in [2.75, 3.05) is 0 Å². The van der Waals surface area contributed by atoms with Crippen LogP contribution < -0.4 is 0 Å². The van der Waals surface area contributed by atoms with Crippen LogP contribution in [-0.2, 0) is 10.0 Å². The van der Waals surface area contributed by atoms with Crippen molar-refractivity contribution in [3.05, 3.63) is 70.8 Å². The van der Waals surface area contributed by atoms with E-state index in [0.29, 0.717) is 4.90 Å². The molecule has 4 heteroatoms. The zero-order valence-electron chi connectivity index (χ0n) is 17.0. The highest BCUT2D eigenvalue weighted by Gasteiger charge is 2.43. The first-order valence-electron chi connectivity index (χ1n) is 9.53. The van der Waals surface area contributed by atoms with Crippen molar-refractivity contribution in [1.29, 1.82) is 0 Å². The van der Waals surface area contributed by atoms with Gasteiger partial charge in [-0.2, -0.15) is 4.31 Å². The number of hydrogen-bond donors (Lipinski definition) is 0. The smallest absolute Gasteiger partial charge is 0.207 e. The number of rotatable bonds is 4. The van der Waals surface area contributed by atoms with Crippen LogP contribution in [0.4, 0.5) is 0 Å². The first-order valence-corrected chi connectivity index (χ1v) is 11.0. The molecule has 1 heterocycles. The zero-order chi connectivity index (χ0) is 19.9. The van der Waals surface area contributed by atoms with E-state index < -0.39 is 10.0 Å². The van der Waals surface area contributed by atoms with Crippen LogP contribution >= 0.6 is 0 Å². The summed E-state index contributed by atoms with van der Waals surface area (Å²) >= 11 is 0. The molecule has 2 atom stereocenters. The summed E-state index contributed by atoms with van der Waals surface area (Å²) in [5, 5.41) is 0. The number of benzene rings is 2. The first kappa shape index (κ1) is 19.8. The molecule has 2 aromatic carbocycles. The molecule has 1 aliphatic heterocycles. The topological polar surface area (TPSA) is 37.4 Å². The Balaban J connectivity index is 2.13. The van der Waals surface area contributed by atoms with Crippen LogP contribution in [0.2, 0.25) is 0 Å². The van der Waals surface area contributed by atoms with Gasteiger partial charge in [0.1, 0.15) is 0 Å². The number of aryl methyl sites for hydroxylation is 3. The fourth-order valence-corrected chi connectivity index (χ4v) is 6.59. The minimum absolute atomic E-state index is 0.152. The van der Waals surface area contributed by atoms with Gasteiger partial charge in [-0.1, -0.05) is 68.0 Å². The normalized spacial score (nSPS) is 20.9. The lowest BCUT2D eigenvalue weighted by Gasteiger charge is -2.32. The van der Waals surface area contributed by atoms with E-state index in [1.165, 1.54) is 0 Å². The summed E-state index contributed by atoms with van der Waals surface area (Å²) in [7, 11) is -3.62. The molecular weight excluding hydrogens is 354 g/mol. The lowest BCUT2D eigenvalue weighted by molar-refractivity contribution is 0.302. The van der Waals surface area contributed by atoms with Crippen LogP contribution in [0.5, 0.6) is 0 Å². The first-order chi connectivity index (χ1) is 12.6. The van der Waals surface area contributed by atoms with E-state index in [4.69, 9.17) is 0 Å². The molecule has 0 aliphatic carbocycles. The van der Waals surface area contributed by atoms with Gasteiger partial charge in [-0.3, -0.25) is 0 Å². The number of nitrogens with zero attached hydrogens (tertiary/aromatic N) is 1. The highest BCUT2D eigenvalue weighted by atomic mass is 32.2. The van der Waals surface area contributed by atoms with E-state index in [0.717, 1.165) is 27.8 Å². The molecule has 3 rings (SSSR count). The zero-order valence-corrected chi connectivity index (χ0v) is 17.8. The SMILES string of the molecule is Cc1cc(C)c(S(=O)(=O)N2[C@@H](C(C)C)C=C(c3ccccc3)[C@@H]2C)c(C)c1. The molecule has 0 radical (unpaired) electrons. The van der Waals surface area contributed by atoms with Crippen molar-refractivity contribution in [2.24, 2.45) is 5.92 Å². The Kier molecular flexibility index (Phi) is 5.33. The van der Waals surface area contributed by atoms with E-state index in [2.05, 4.69) is 32.1 Å². The lowest BCUT2D eigenvalue weighted by atomic mass is 10.00. The summed E-state index contributed by atoms with van der Waals surface area (Å²) in [6.45, 7) is 11.9. The minimum Gasteiger partial charge on any atom is -0.207 e. The molecule has 0 aromatic heterocycles. The molecule has 0 unspecified atom stereocenters. The van der Waals surface area contributed by atoms with Crippen molar-refractivity contribution < 1.29 is 8.42 Å². The lowest BCUT2D eigenvalue weighted by Crippen LogP contribution is -2.44. The molecule has 3 nitrogen and oxygen atoms in total. The molecular formula is C23H29NO2S. The molecule has 0 amide bonds. The second-order valence-electron chi connectivity index (χ2n) is 7.96. The summed E-state index contributed by atoms with van der Waals surface area (Å²) in [5.74, 6) is 0.189. The Morgan fingerprint density at radius 1 is 0.963 bits per heavy atom. The largest absolute Gasteiger partial charge is 0.244 e. The third kappa shape index (κ3) is 3.48. The van der Waals surface area contributed by atoms with E-state index in [-0.39, 0.29) is 18.0 Å². The average Bonchev–Trinajstić information content (AvgIpc) is 2.93. The van der Waals surface area contributed by atoms with Crippen LogP contribution in [0, 0.1) is 26.7 Å². The minimum atomic E-state index is -3.62. The van der Waals surface area contributed by atoms with Crippen molar-refractivity contribution in [3.63, 3.8) is 0 Å². The Morgan fingerprint density at radius 3 is 2.04 bits per heavy atom. The Labute approximate surface area is 163 Å². The van der Waals surface area contributed by atoms with Crippen molar-refractivity contribution in [2.45, 2.75) is 58.5 Å². The molecule has 27 heavy (non-hydrogen) atoms. The predicted octanol–water partition coefficient (Wildman–Crippen LogP) is 5.11. The summed E-state index contributed by atoms with van der Waals surface area (Å²) in [6.07, 6.45) is 2.14. The Bertz CT molecular complexity index is 952. The van der Waals surface area contributed by atoms with Crippen LogP contribution in [0.15, 0.2) is 53.4 Å². The van der Waals surface area contributed by atoms with Gasteiger partial charge >= 0.3 is 0 Å². The van der Waals surface area contributed by atoms with Gasteiger partial charge in [-0.25, -0.2) is 8.42 Å². The van der Waals surface area contributed by atoms with Crippen molar-refractivity contribution >= 4 is 15.6 Å². The monoisotopic (exact) mass is 383 g/mol. The number of hydrogen-bond acceptors (Lipinski definition) is 2. The van der Waals surface area contributed by atoms with Crippen molar-refractivity contribution in [1.82, 2.24) is 4.31 Å². The fraction of sp³-hybridized carbons (Fsp3) is 0.391. The fourth-order valence-electron chi connectivity index (χ4n) is 4.29. The maximum atomic E-state index is 13.8. The van der Waals surface area contributed by atoms with E-state index in [9.17, 15) is 8.42 Å². The third-order valence-corrected chi connectivity index (χ3v) is 7.68.